The molecule has 1 unspecified atom stereocenters. The Labute approximate surface area is 151 Å². The van der Waals surface area contributed by atoms with Crippen LogP contribution in [-0.4, -0.2) is 41.1 Å². The van der Waals surface area contributed by atoms with Crippen LogP contribution in [0.2, 0.25) is 0 Å². The summed E-state index contributed by atoms with van der Waals surface area (Å²) >= 11 is 0. The predicted octanol–water partition coefficient (Wildman–Crippen LogP) is 3.05. The van der Waals surface area contributed by atoms with E-state index < -0.39 is 5.60 Å². The predicted molar refractivity (Wildman–Crippen MR) is 100 cm³/mol. The van der Waals surface area contributed by atoms with Gasteiger partial charge in [0.05, 0.1) is 18.2 Å². The van der Waals surface area contributed by atoms with E-state index in [1.807, 2.05) is 0 Å². The highest BCUT2D eigenvalue weighted by molar-refractivity contribution is 5.79. The molecule has 2 N–H and O–H groups in total. The summed E-state index contributed by atoms with van der Waals surface area (Å²) in [6.07, 6.45) is 7.27. The molecule has 1 aliphatic heterocycles. The van der Waals surface area contributed by atoms with Crippen molar-refractivity contribution in [2.24, 2.45) is 5.92 Å². The van der Waals surface area contributed by atoms with E-state index in [1.165, 1.54) is 43.2 Å². The Morgan fingerprint density at radius 3 is 2.68 bits per heavy atom. The maximum absolute atomic E-state index is 12.9. The summed E-state index contributed by atoms with van der Waals surface area (Å²) in [6.45, 7) is 5.05. The van der Waals surface area contributed by atoms with Crippen LogP contribution in [0, 0.1) is 5.92 Å². The Balaban J connectivity index is 1.76. The second-order valence-corrected chi connectivity index (χ2v) is 8.29. The SMILES string of the molecule is CC(C)(O)CNCC(=O)N1CCc2ccccc2C1C1CCCCC1. The van der Waals surface area contributed by atoms with Crippen molar-refractivity contribution < 1.29 is 9.90 Å². The number of nitrogens with zero attached hydrogens (tertiary/aromatic N) is 1. The molecule has 0 bridgehead atoms. The number of benzene rings is 1. The van der Waals surface area contributed by atoms with Gasteiger partial charge in [-0.1, -0.05) is 43.5 Å². The van der Waals surface area contributed by atoms with Gasteiger partial charge in [0.2, 0.25) is 5.91 Å². The highest BCUT2D eigenvalue weighted by Crippen LogP contribution is 2.41. The molecule has 25 heavy (non-hydrogen) atoms. The average molecular weight is 344 g/mol. The quantitative estimate of drug-likeness (QED) is 0.863. The van der Waals surface area contributed by atoms with E-state index in [0.717, 1.165) is 13.0 Å². The van der Waals surface area contributed by atoms with Crippen molar-refractivity contribution in [2.45, 2.75) is 64.0 Å². The van der Waals surface area contributed by atoms with Crippen LogP contribution in [0.5, 0.6) is 0 Å². The van der Waals surface area contributed by atoms with Crippen molar-refractivity contribution in [3.8, 4) is 0 Å². The lowest BCUT2D eigenvalue weighted by Crippen LogP contribution is -2.48. The minimum atomic E-state index is -0.794. The average Bonchev–Trinajstić information content (AvgIpc) is 2.60. The lowest BCUT2D eigenvalue weighted by Gasteiger charge is -2.43. The number of hydrogen-bond donors (Lipinski definition) is 2. The van der Waals surface area contributed by atoms with Gasteiger partial charge in [0.15, 0.2) is 0 Å². The summed E-state index contributed by atoms with van der Waals surface area (Å²) < 4.78 is 0. The van der Waals surface area contributed by atoms with Gasteiger partial charge in [-0.15, -0.1) is 0 Å². The van der Waals surface area contributed by atoms with E-state index in [-0.39, 0.29) is 11.9 Å². The highest BCUT2D eigenvalue weighted by Gasteiger charge is 2.36. The first kappa shape index (κ1) is 18.4. The van der Waals surface area contributed by atoms with E-state index in [9.17, 15) is 9.90 Å². The third-order valence-electron chi connectivity index (χ3n) is 5.58. The molecule has 1 aromatic carbocycles. The molecule has 138 valence electrons. The maximum atomic E-state index is 12.9. The van der Waals surface area contributed by atoms with Crippen molar-refractivity contribution in [1.29, 1.82) is 0 Å². The molecule has 1 fully saturated rings. The van der Waals surface area contributed by atoms with Crippen LogP contribution in [0.1, 0.15) is 63.1 Å². The third kappa shape index (κ3) is 4.62. The molecule has 0 saturated heterocycles. The molecule has 4 heteroatoms. The lowest BCUT2D eigenvalue weighted by atomic mass is 9.77. The van der Waals surface area contributed by atoms with Gasteiger partial charge in [-0.3, -0.25) is 4.79 Å². The monoisotopic (exact) mass is 344 g/mol. The van der Waals surface area contributed by atoms with E-state index in [2.05, 4.69) is 34.5 Å². The number of hydrogen-bond acceptors (Lipinski definition) is 3. The fourth-order valence-electron chi connectivity index (χ4n) is 4.41. The second kappa shape index (κ2) is 7.88. The molecule has 1 aromatic rings. The summed E-state index contributed by atoms with van der Waals surface area (Å²) in [5.74, 6) is 0.739. The standard InChI is InChI=1S/C21H32N2O2/c1-21(2,25)15-22-14-19(24)23-13-12-16-8-6-7-11-18(16)20(23)17-9-4-3-5-10-17/h6-8,11,17,20,22,25H,3-5,9-10,12-15H2,1-2H3. The van der Waals surface area contributed by atoms with Crippen LogP contribution >= 0.6 is 0 Å². The van der Waals surface area contributed by atoms with Crippen LogP contribution in [0.4, 0.5) is 0 Å². The Kier molecular flexibility index (Phi) is 5.80. The molecule has 1 atom stereocenters. The van der Waals surface area contributed by atoms with Gasteiger partial charge < -0.3 is 15.3 Å². The molecule has 1 amide bonds. The maximum Gasteiger partial charge on any atom is 0.237 e. The topological polar surface area (TPSA) is 52.6 Å². The fraction of sp³-hybridized carbons (Fsp3) is 0.667. The van der Waals surface area contributed by atoms with Crippen LogP contribution in [0.25, 0.3) is 0 Å². The van der Waals surface area contributed by atoms with Crippen LogP contribution < -0.4 is 5.32 Å². The zero-order valence-corrected chi connectivity index (χ0v) is 15.6. The van der Waals surface area contributed by atoms with Crippen LogP contribution in [0.15, 0.2) is 24.3 Å². The van der Waals surface area contributed by atoms with Crippen molar-refractivity contribution in [3.05, 3.63) is 35.4 Å². The molecule has 0 radical (unpaired) electrons. The van der Waals surface area contributed by atoms with Gasteiger partial charge in [-0.2, -0.15) is 0 Å². The second-order valence-electron chi connectivity index (χ2n) is 8.29. The van der Waals surface area contributed by atoms with Crippen molar-refractivity contribution in [3.63, 3.8) is 0 Å². The number of amides is 1. The molecule has 2 aliphatic rings. The molecule has 0 spiro atoms. The van der Waals surface area contributed by atoms with Crippen LogP contribution in [0.3, 0.4) is 0 Å². The number of carbonyl (C=O) groups is 1. The molecule has 1 saturated carbocycles. The zero-order chi connectivity index (χ0) is 17.9. The molecule has 1 aliphatic carbocycles. The highest BCUT2D eigenvalue weighted by atomic mass is 16.3. The minimum absolute atomic E-state index is 0.161. The summed E-state index contributed by atoms with van der Waals surface area (Å²) in [5.41, 5.74) is 1.97. The molecular formula is C21H32N2O2. The van der Waals surface area contributed by atoms with Gasteiger partial charge >= 0.3 is 0 Å². The summed E-state index contributed by atoms with van der Waals surface area (Å²) in [7, 11) is 0. The fourth-order valence-corrected chi connectivity index (χ4v) is 4.41. The van der Waals surface area contributed by atoms with E-state index in [4.69, 9.17) is 0 Å². The van der Waals surface area contributed by atoms with Crippen molar-refractivity contribution in [1.82, 2.24) is 10.2 Å². The molecule has 4 nitrogen and oxygen atoms in total. The van der Waals surface area contributed by atoms with E-state index in [1.54, 1.807) is 13.8 Å². The lowest BCUT2D eigenvalue weighted by molar-refractivity contribution is -0.135. The Bertz CT molecular complexity index is 588. The summed E-state index contributed by atoms with van der Waals surface area (Å²) in [5, 5.41) is 13.0. The largest absolute Gasteiger partial charge is 0.389 e. The Hall–Kier alpha value is -1.39. The summed E-state index contributed by atoms with van der Waals surface area (Å²) in [6, 6.07) is 8.88. The van der Waals surface area contributed by atoms with Gasteiger partial charge in [-0.05, 0) is 50.2 Å². The minimum Gasteiger partial charge on any atom is -0.389 e. The van der Waals surface area contributed by atoms with Crippen molar-refractivity contribution in [2.75, 3.05) is 19.6 Å². The number of aliphatic hydroxyl groups is 1. The number of nitrogens with one attached hydrogen (secondary N) is 1. The number of rotatable bonds is 5. The first-order valence-electron chi connectivity index (χ1n) is 9.76. The van der Waals surface area contributed by atoms with Gasteiger partial charge in [0, 0.05) is 13.1 Å². The number of carbonyl (C=O) groups excluding carboxylic acids is 1. The van der Waals surface area contributed by atoms with Gasteiger partial charge in [0.25, 0.3) is 0 Å². The van der Waals surface area contributed by atoms with Gasteiger partial charge in [0.1, 0.15) is 0 Å². The normalized spacial score (nSPS) is 21.9. The Morgan fingerprint density at radius 2 is 1.96 bits per heavy atom. The first-order chi connectivity index (χ1) is 12.0. The summed E-state index contributed by atoms with van der Waals surface area (Å²) in [4.78, 5) is 15.0. The molecule has 0 aromatic heterocycles. The number of fused-ring (bicyclic) bond motifs is 1. The molecule has 1 heterocycles. The molecule has 3 rings (SSSR count). The van der Waals surface area contributed by atoms with Gasteiger partial charge in [-0.25, -0.2) is 0 Å². The smallest absolute Gasteiger partial charge is 0.237 e. The van der Waals surface area contributed by atoms with Crippen LogP contribution in [-0.2, 0) is 11.2 Å². The van der Waals surface area contributed by atoms with Crippen molar-refractivity contribution >= 4 is 5.91 Å². The van der Waals surface area contributed by atoms with E-state index in [0.29, 0.717) is 19.0 Å². The zero-order valence-electron chi connectivity index (χ0n) is 15.6. The van der Waals surface area contributed by atoms with E-state index >= 15 is 0 Å². The third-order valence-corrected chi connectivity index (χ3v) is 5.58. The first-order valence-corrected chi connectivity index (χ1v) is 9.76. The molecular weight excluding hydrogens is 312 g/mol. The Morgan fingerprint density at radius 1 is 1.24 bits per heavy atom.